The average molecular weight is 232 g/mol. The lowest BCUT2D eigenvalue weighted by Crippen LogP contribution is -2.24. The maximum Gasteiger partial charge on any atom is 0.328 e. The number of benzene rings is 1. The van der Waals surface area contributed by atoms with Crippen molar-refractivity contribution in [3.05, 3.63) is 52.7 Å². The van der Waals surface area contributed by atoms with Gasteiger partial charge < -0.3 is 5.11 Å². The molecule has 0 radical (unpaired) electrons. The summed E-state index contributed by atoms with van der Waals surface area (Å²) in [7, 11) is 0. The van der Waals surface area contributed by atoms with Gasteiger partial charge in [-0.1, -0.05) is 19.1 Å². The SMILES string of the molecule is CCCn1ccn(Cc2ccc(O)cc2)c1=O. The molecule has 0 spiro atoms. The summed E-state index contributed by atoms with van der Waals surface area (Å²) in [6.07, 6.45) is 4.56. The third kappa shape index (κ3) is 2.58. The second-order valence-electron chi connectivity index (χ2n) is 4.07. The fraction of sp³-hybridized carbons (Fsp3) is 0.308. The van der Waals surface area contributed by atoms with Gasteiger partial charge in [0.15, 0.2) is 0 Å². The Balaban J connectivity index is 2.19. The molecule has 90 valence electrons. The van der Waals surface area contributed by atoms with E-state index in [1.54, 1.807) is 27.5 Å². The summed E-state index contributed by atoms with van der Waals surface area (Å²) in [6.45, 7) is 3.33. The molecule has 1 N–H and O–H groups in total. The minimum atomic E-state index is 0.0138. The molecule has 0 aliphatic rings. The van der Waals surface area contributed by atoms with E-state index in [4.69, 9.17) is 0 Å². The van der Waals surface area contributed by atoms with Gasteiger partial charge >= 0.3 is 5.69 Å². The summed E-state index contributed by atoms with van der Waals surface area (Å²) in [6, 6.07) is 6.89. The number of phenols is 1. The molecule has 0 saturated carbocycles. The van der Waals surface area contributed by atoms with Crippen LogP contribution in [0.5, 0.6) is 5.75 Å². The zero-order valence-corrected chi connectivity index (χ0v) is 9.84. The van der Waals surface area contributed by atoms with Crippen molar-refractivity contribution in [2.45, 2.75) is 26.4 Å². The van der Waals surface area contributed by atoms with Crippen LogP contribution in [0.2, 0.25) is 0 Å². The topological polar surface area (TPSA) is 47.2 Å². The molecular formula is C13H16N2O2. The first kappa shape index (κ1) is 11.5. The molecular weight excluding hydrogens is 216 g/mol. The first-order chi connectivity index (χ1) is 8.20. The number of hydrogen-bond acceptors (Lipinski definition) is 2. The molecule has 2 aromatic rings. The van der Waals surface area contributed by atoms with E-state index in [1.807, 2.05) is 25.3 Å². The second-order valence-corrected chi connectivity index (χ2v) is 4.07. The molecule has 4 nitrogen and oxygen atoms in total. The largest absolute Gasteiger partial charge is 0.508 e. The lowest BCUT2D eigenvalue weighted by atomic mass is 10.2. The molecule has 0 unspecified atom stereocenters. The molecule has 0 aliphatic heterocycles. The summed E-state index contributed by atoms with van der Waals surface area (Å²) in [4.78, 5) is 11.9. The maximum atomic E-state index is 11.9. The number of imidazole rings is 1. The van der Waals surface area contributed by atoms with Crippen molar-refractivity contribution in [1.82, 2.24) is 9.13 Å². The van der Waals surface area contributed by atoms with Crippen molar-refractivity contribution in [3.8, 4) is 5.75 Å². The van der Waals surface area contributed by atoms with E-state index in [9.17, 15) is 9.90 Å². The summed E-state index contributed by atoms with van der Waals surface area (Å²) in [5, 5.41) is 9.18. The first-order valence-electron chi connectivity index (χ1n) is 5.74. The fourth-order valence-electron chi connectivity index (χ4n) is 1.78. The number of nitrogens with zero attached hydrogens (tertiary/aromatic N) is 2. The summed E-state index contributed by atoms with van der Waals surface area (Å²) in [5.41, 5.74) is 1.01. The highest BCUT2D eigenvalue weighted by Gasteiger charge is 2.03. The van der Waals surface area contributed by atoms with Crippen LogP contribution >= 0.6 is 0 Å². The normalized spacial score (nSPS) is 10.6. The Morgan fingerprint density at radius 2 is 1.76 bits per heavy atom. The fourth-order valence-corrected chi connectivity index (χ4v) is 1.78. The summed E-state index contributed by atoms with van der Waals surface area (Å²) >= 11 is 0. The van der Waals surface area contributed by atoms with Gasteiger partial charge in [0.25, 0.3) is 0 Å². The molecule has 4 heteroatoms. The van der Waals surface area contributed by atoms with E-state index in [1.165, 1.54) is 0 Å². The van der Waals surface area contributed by atoms with Crippen LogP contribution in [0.15, 0.2) is 41.5 Å². The Labute approximate surface area is 99.8 Å². The van der Waals surface area contributed by atoms with Gasteiger partial charge in [-0.05, 0) is 24.1 Å². The van der Waals surface area contributed by atoms with Crippen molar-refractivity contribution in [3.63, 3.8) is 0 Å². The molecule has 0 atom stereocenters. The van der Waals surface area contributed by atoms with E-state index >= 15 is 0 Å². The van der Waals surface area contributed by atoms with E-state index < -0.39 is 0 Å². The summed E-state index contributed by atoms with van der Waals surface area (Å²) in [5.74, 6) is 0.240. The van der Waals surface area contributed by atoms with Crippen LogP contribution in [0.1, 0.15) is 18.9 Å². The summed E-state index contributed by atoms with van der Waals surface area (Å²) < 4.78 is 3.38. The Kier molecular flexibility index (Phi) is 3.32. The molecule has 1 heterocycles. The molecule has 2 rings (SSSR count). The van der Waals surface area contributed by atoms with Crippen LogP contribution in [0.25, 0.3) is 0 Å². The lowest BCUT2D eigenvalue weighted by Gasteiger charge is -2.02. The predicted molar refractivity (Wildman–Crippen MR) is 66.2 cm³/mol. The molecule has 0 fully saturated rings. The minimum absolute atomic E-state index is 0.0138. The van der Waals surface area contributed by atoms with Gasteiger partial charge in [0.05, 0.1) is 6.54 Å². The number of aromatic nitrogens is 2. The Morgan fingerprint density at radius 1 is 1.12 bits per heavy atom. The zero-order valence-electron chi connectivity index (χ0n) is 9.84. The Bertz CT molecular complexity index is 537. The van der Waals surface area contributed by atoms with Crippen molar-refractivity contribution in [2.75, 3.05) is 0 Å². The highest BCUT2D eigenvalue weighted by molar-refractivity contribution is 5.26. The van der Waals surface area contributed by atoms with E-state index in [2.05, 4.69) is 0 Å². The maximum absolute atomic E-state index is 11.9. The Hall–Kier alpha value is -1.97. The van der Waals surface area contributed by atoms with Crippen molar-refractivity contribution >= 4 is 0 Å². The van der Waals surface area contributed by atoms with E-state index in [-0.39, 0.29) is 11.4 Å². The third-order valence-electron chi connectivity index (χ3n) is 2.67. The van der Waals surface area contributed by atoms with Gasteiger partial charge in [0.2, 0.25) is 0 Å². The predicted octanol–water partition coefficient (Wildman–Crippen LogP) is 1.81. The highest BCUT2D eigenvalue weighted by Crippen LogP contribution is 2.10. The van der Waals surface area contributed by atoms with Gasteiger partial charge in [0, 0.05) is 18.9 Å². The van der Waals surface area contributed by atoms with Crippen molar-refractivity contribution in [1.29, 1.82) is 0 Å². The van der Waals surface area contributed by atoms with Crippen LogP contribution in [-0.2, 0) is 13.1 Å². The molecule has 0 amide bonds. The average Bonchev–Trinajstić information content (AvgIpc) is 2.65. The number of phenolic OH excluding ortho intramolecular Hbond substituents is 1. The number of hydrogen-bond donors (Lipinski definition) is 1. The van der Waals surface area contributed by atoms with Crippen LogP contribution in [0.4, 0.5) is 0 Å². The molecule has 1 aromatic heterocycles. The van der Waals surface area contributed by atoms with Gasteiger partial charge in [0.1, 0.15) is 5.75 Å². The van der Waals surface area contributed by atoms with Gasteiger partial charge in [-0.15, -0.1) is 0 Å². The molecule has 1 aromatic carbocycles. The van der Waals surface area contributed by atoms with Crippen LogP contribution in [-0.4, -0.2) is 14.2 Å². The standard InChI is InChI=1S/C13H16N2O2/c1-2-7-14-8-9-15(13(14)17)10-11-3-5-12(16)6-4-11/h3-6,8-9,16H,2,7,10H2,1H3. The second kappa shape index (κ2) is 4.91. The van der Waals surface area contributed by atoms with Gasteiger partial charge in [-0.25, -0.2) is 4.79 Å². The smallest absolute Gasteiger partial charge is 0.328 e. The number of aryl methyl sites for hydroxylation is 1. The molecule has 17 heavy (non-hydrogen) atoms. The molecule has 0 bridgehead atoms. The third-order valence-corrected chi connectivity index (χ3v) is 2.67. The molecule has 0 saturated heterocycles. The van der Waals surface area contributed by atoms with Crippen LogP contribution < -0.4 is 5.69 Å². The van der Waals surface area contributed by atoms with Crippen molar-refractivity contribution in [2.24, 2.45) is 0 Å². The van der Waals surface area contributed by atoms with E-state index in [0.29, 0.717) is 6.54 Å². The lowest BCUT2D eigenvalue weighted by molar-refractivity contribution is 0.475. The van der Waals surface area contributed by atoms with Crippen LogP contribution in [0, 0.1) is 0 Å². The number of rotatable bonds is 4. The van der Waals surface area contributed by atoms with Gasteiger partial charge in [-0.3, -0.25) is 9.13 Å². The molecule has 0 aliphatic carbocycles. The zero-order chi connectivity index (χ0) is 12.3. The van der Waals surface area contributed by atoms with Gasteiger partial charge in [-0.2, -0.15) is 0 Å². The Morgan fingerprint density at radius 3 is 2.41 bits per heavy atom. The minimum Gasteiger partial charge on any atom is -0.508 e. The number of aromatic hydroxyl groups is 1. The monoisotopic (exact) mass is 232 g/mol. The van der Waals surface area contributed by atoms with E-state index in [0.717, 1.165) is 18.5 Å². The quantitative estimate of drug-likeness (QED) is 0.874. The first-order valence-corrected chi connectivity index (χ1v) is 5.74. The highest BCUT2D eigenvalue weighted by atomic mass is 16.3. The van der Waals surface area contributed by atoms with Crippen molar-refractivity contribution < 1.29 is 5.11 Å². The van der Waals surface area contributed by atoms with Crippen LogP contribution in [0.3, 0.4) is 0 Å².